The van der Waals surface area contributed by atoms with Gasteiger partial charge in [0.2, 0.25) is 0 Å². The molecule has 2 aliphatic heterocycles. The van der Waals surface area contributed by atoms with E-state index in [1.807, 2.05) is 12.1 Å². The Morgan fingerprint density at radius 1 is 0.915 bits per heavy atom. The van der Waals surface area contributed by atoms with Crippen molar-refractivity contribution in [2.45, 2.75) is 75.8 Å². The molecular formula is C38H42ClF3N4O. The van der Waals surface area contributed by atoms with Crippen molar-refractivity contribution in [3.05, 3.63) is 94.0 Å². The lowest BCUT2D eigenvalue weighted by atomic mass is 9.93. The van der Waals surface area contributed by atoms with E-state index in [0.717, 1.165) is 61.4 Å². The summed E-state index contributed by atoms with van der Waals surface area (Å²) in [7, 11) is 1.56. The molecule has 7 rings (SSSR count). The number of piperidine rings is 2. The van der Waals surface area contributed by atoms with Gasteiger partial charge in [0.25, 0.3) is 0 Å². The zero-order valence-electron chi connectivity index (χ0n) is 26.9. The van der Waals surface area contributed by atoms with Crippen LogP contribution in [-0.2, 0) is 24.8 Å². The molecule has 0 radical (unpaired) electrons. The number of ether oxygens (including phenoxy) is 1. The quantitative estimate of drug-likeness (QED) is 0.194. The van der Waals surface area contributed by atoms with Crippen molar-refractivity contribution >= 4 is 22.5 Å². The minimum absolute atomic E-state index is 0.131. The second kappa shape index (κ2) is 13.4. The van der Waals surface area contributed by atoms with Gasteiger partial charge >= 0.3 is 6.18 Å². The van der Waals surface area contributed by atoms with E-state index in [4.69, 9.17) is 21.3 Å². The molecule has 3 heterocycles. The summed E-state index contributed by atoms with van der Waals surface area (Å²) in [6.07, 6.45) is 3.64. The number of rotatable bonds is 9. The number of likely N-dealkylation sites (tertiary alicyclic amines) is 2. The van der Waals surface area contributed by atoms with Gasteiger partial charge in [0, 0.05) is 41.7 Å². The molecule has 1 N–H and O–H groups in total. The Morgan fingerprint density at radius 3 is 2.34 bits per heavy atom. The lowest BCUT2D eigenvalue weighted by Crippen LogP contribution is -2.46. The van der Waals surface area contributed by atoms with E-state index in [1.165, 1.54) is 50.0 Å². The number of hydrogen-bond acceptors (Lipinski definition) is 5. The van der Waals surface area contributed by atoms with Crippen LogP contribution in [0.15, 0.2) is 66.7 Å². The van der Waals surface area contributed by atoms with Gasteiger partial charge in [-0.05, 0) is 99.6 Å². The first-order chi connectivity index (χ1) is 22.7. The molecule has 4 aromatic rings. The summed E-state index contributed by atoms with van der Waals surface area (Å²) in [5.41, 5.74) is 4.09. The highest BCUT2D eigenvalue weighted by atomic mass is 35.5. The van der Waals surface area contributed by atoms with E-state index in [9.17, 15) is 13.2 Å². The average Bonchev–Trinajstić information content (AvgIpc) is 3.89. The smallest absolute Gasteiger partial charge is 0.416 e. The first-order valence-corrected chi connectivity index (χ1v) is 17.3. The average molecular weight is 663 g/mol. The Kier molecular flexibility index (Phi) is 9.22. The highest BCUT2D eigenvalue weighted by Gasteiger charge is 2.44. The van der Waals surface area contributed by atoms with E-state index >= 15 is 0 Å². The number of nitrogens with one attached hydrogen (secondary N) is 1. The molecule has 2 saturated heterocycles. The van der Waals surface area contributed by atoms with Crippen LogP contribution in [0.2, 0.25) is 5.02 Å². The molecule has 9 heteroatoms. The van der Waals surface area contributed by atoms with Gasteiger partial charge in [-0.3, -0.25) is 4.90 Å². The van der Waals surface area contributed by atoms with Crippen LogP contribution >= 0.6 is 11.6 Å². The van der Waals surface area contributed by atoms with Crippen LogP contribution in [0.25, 0.3) is 22.2 Å². The molecule has 0 spiro atoms. The molecule has 1 aromatic heterocycles. The number of benzene rings is 3. The maximum atomic E-state index is 14.0. The minimum atomic E-state index is -4.46. The summed E-state index contributed by atoms with van der Waals surface area (Å²) in [5, 5.41) is 5.25. The molecule has 0 amide bonds. The van der Waals surface area contributed by atoms with Crippen LogP contribution in [0.1, 0.15) is 67.2 Å². The molecule has 0 atom stereocenters. The van der Waals surface area contributed by atoms with Crippen molar-refractivity contribution in [1.82, 2.24) is 20.1 Å². The Balaban J connectivity index is 1.31. The van der Waals surface area contributed by atoms with Crippen LogP contribution < -0.4 is 10.1 Å². The summed E-state index contributed by atoms with van der Waals surface area (Å²) in [5.74, 6) is 0.482. The Bertz CT molecular complexity index is 1710. The number of pyridine rings is 1. The molecule has 5 nitrogen and oxygen atoms in total. The van der Waals surface area contributed by atoms with Crippen LogP contribution in [0.3, 0.4) is 0 Å². The molecular weight excluding hydrogens is 621 g/mol. The third-order valence-corrected chi connectivity index (χ3v) is 10.8. The second-order valence-corrected chi connectivity index (χ2v) is 13.8. The monoisotopic (exact) mass is 662 g/mol. The summed E-state index contributed by atoms with van der Waals surface area (Å²) < 4.78 is 47.5. The Hall–Kier alpha value is -3.17. The molecule has 1 aliphatic carbocycles. The number of fused-ring (bicyclic) bond motifs is 1. The van der Waals surface area contributed by atoms with Crippen LogP contribution in [-0.4, -0.2) is 54.1 Å². The van der Waals surface area contributed by atoms with Gasteiger partial charge in [-0.25, -0.2) is 4.98 Å². The Morgan fingerprint density at radius 2 is 1.66 bits per heavy atom. The van der Waals surface area contributed by atoms with E-state index in [1.54, 1.807) is 19.2 Å². The summed E-state index contributed by atoms with van der Waals surface area (Å²) in [6, 6.07) is 20.4. The molecule has 47 heavy (non-hydrogen) atoms. The van der Waals surface area contributed by atoms with Crippen molar-refractivity contribution < 1.29 is 17.9 Å². The van der Waals surface area contributed by atoms with Crippen LogP contribution in [0, 0.1) is 0 Å². The van der Waals surface area contributed by atoms with Crippen LogP contribution in [0.4, 0.5) is 13.2 Å². The SMILES string of the molecule is COc1cc2nc(-c3cccc(C(F)(F)F)c3)c(CN3CCC(N4CCCCC4)CC3)c(CNC3(c4ccccc4)CC3)c2cc1Cl. The summed E-state index contributed by atoms with van der Waals surface area (Å²) >= 11 is 6.72. The summed E-state index contributed by atoms with van der Waals surface area (Å²) in [4.78, 5) is 10.2. The number of halogens is 4. The second-order valence-electron chi connectivity index (χ2n) is 13.4. The number of methoxy groups -OCH3 is 1. The van der Waals surface area contributed by atoms with Crippen molar-refractivity contribution in [1.29, 1.82) is 0 Å². The molecule has 248 valence electrons. The first kappa shape index (κ1) is 32.4. The number of nitrogens with zero attached hydrogens (tertiary/aromatic N) is 3. The number of aromatic nitrogens is 1. The minimum Gasteiger partial charge on any atom is -0.495 e. The lowest BCUT2D eigenvalue weighted by molar-refractivity contribution is -0.137. The normalized spacial score (nSPS) is 19.3. The summed E-state index contributed by atoms with van der Waals surface area (Å²) in [6.45, 7) is 5.36. The molecule has 0 unspecified atom stereocenters. The van der Waals surface area contributed by atoms with Gasteiger partial charge in [0.05, 0.1) is 28.9 Å². The molecule has 3 aliphatic rings. The van der Waals surface area contributed by atoms with Gasteiger partial charge in [-0.1, -0.05) is 60.5 Å². The van der Waals surface area contributed by atoms with Gasteiger partial charge in [-0.2, -0.15) is 13.2 Å². The van der Waals surface area contributed by atoms with Crippen molar-refractivity contribution in [2.24, 2.45) is 0 Å². The van der Waals surface area contributed by atoms with Crippen molar-refractivity contribution in [3.8, 4) is 17.0 Å². The fourth-order valence-electron chi connectivity index (χ4n) is 7.64. The molecule has 3 aromatic carbocycles. The van der Waals surface area contributed by atoms with E-state index in [2.05, 4.69) is 39.4 Å². The molecule has 3 fully saturated rings. The Labute approximate surface area is 280 Å². The first-order valence-electron chi connectivity index (χ1n) is 16.9. The highest BCUT2D eigenvalue weighted by Crippen LogP contribution is 2.46. The van der Waals surface area contributed by atoms with Gasteiger partial charge in [-0.15, -0.1) is 0 Å². The van der Waals surface area contributed by atoms with Crippen molar-refractivity contribution in [3.63, 3.8) is 0 Å². The van der Waals surface area contributed by atoms with Gasteiger partial charge in [0.15, 0.2) is 0 Å². The largest absolute Gasteiger partial charge is 0.495 e. The van der Waals surface area contributed by atoms with Gasteiger partial charge in [0.1, 0.15) is 5.75 Å². The van der Waals surface area contributed by atoms with E-state index in [-0.39, 0.29) is 5.54 Å². The maximum absolute atomic E-state index is 14.0. The lowest BCUT2D eigenvalue weighted by Gasteiger charge is -2.40. The molecule has 0 bridgehead atoms. The standard InChI is InChI=1S/C38H42ClF3N4O/c1-47-35-23-34-30(22-33(35)39)31(24-43-37(15-16-37)27-10-4-2-5-11-27)32(36(44-34)26-9-8-12-28(21-26)38(40,41)42)25-45-19-13-29(14-20-45)46-17-6-3-7-18-46/h2,4-5,8-12,21-23,29,43H,3,6-7,13-20,24-25H2,1H3. The fraction of sp³-hybridized carbons (Fsp3) is 0.447. The molecule has 1 saturated carbocycles. The third-order valence-electron chi connectivity index (χ3n) is 10.5. The topological polar surface area (TPSA) is 40.6 Å². The third kappa shape index (κ3) is 6.89. The predicted octanol–water partition coefficient (Wildman–Crippen LogP) is 8.81. The van der Waals surface area contributed by atoms with Crippen LogP contribution in [0.5, 0.6) is 5.75 Å². The van der Waals surface area contributed by atoms with Gasteiger partial charge < -0.3 is 15.0 Å². The van der Waals surface area contributed by atoms with Crippen molar-refractivity contribution in [2.75, 3.05) is 33.3 Å². The fourth-order valence-corrected chi connectivity index (χ4v) is 7.88. The number of hydrogen-bond donors (Lipinski definition) is 1. The van der Waals surface area contributed by atoms with E-state index in [0.29, 0.717) is 46.7 Å². The zero-order chi connectivity index (χ0) is 32.6. The van der Waals surface area contributed by atoms with E-state index < -0.39 is 11.7 Å². The number of alkyl halides is 3. The maximum Gasteiger partial charge on any atom is 0.416 e. The zero-order valence-corrected chi connectivity index (χ0v) is 27.6. The highest BCUT2D eigenvalue weighted by molar-refractivity contribution is 6.32. The predicted molar refractivity (Wildman–Crippen MR) is 182 cm³/mol.